The number of ether oxygens (including phenoxy) is 2. The third kappa shape index (κ3) is 4.46. The Morgan fingerprint density at radius 3 is 2.58 bits per heavy atom. The number of allylic oxidation sites excluding steroid dienone is 1. The van der Waals surface area contributed by atoms with E-state index in [1.54, 1.807) is 19.1 Å². The Bertz CT molecular complexity index is 856. The van der Waals surface area contributed by atoms with Crippen LogP contribution in [0.3, 0.4) is 0 Å². The first-order valence-electron chi connectivity index (χ1n) is 7.46. The van der Waals surface area contributed by atoms with Crippen molar-refractivity contribution in [1.82, 2.24) is 4.98 Å². The van der Waals surface area contributed by atoms with Crippen LogP contribution in [0.15, 0.2) is 30.5 Å². The molecule has 0 radical (unpaired) electrons. The summed E-state index contributed by atoms with van der Waals surface area (Å²) in [7, 11) is 1.45. The van der Waals surface area contributed by atoms with E-state index in [1.807, 2.05) is 6.07 Å². The fraction of sp³-hybridized carbons (Fsp3) is 0.222. The largest absolute Gasteiger partial charge is 0.491 e. The molecule has 8 heteroatoms. The van der Waals surface area contributed by atoms with E-state index in [-0.39, 0.29) is 16.3 Å². The molecule has 2 rings (SSSR count). The summed E-state index contributed by atoms with van der Waals surface area (Å²) in [4.78, 5) is 3.73. The van der Waals surface area contributed by atoms with Crippen molar-refractivity contribution in [2.75, 3.05) is 13.7 Å². The number of methoxy groups -OCH3 is 1. The van der Waals surface area contributed by atoms with Gasteiger partial charge in [-0.2, -0.15) is 18.4 Å². The first-order valence-corrected chi connectivity index (χ1v) is 7.83. The van der Waals surface area contributed by atoms with Crippen LogP contribution >= 0.6 is 11.6 Å². The average molecular weight is 383 g/mol. The Labute approximate surface area is 153 Å². The van der Waals surface area contributed by atoms with Crippen LogP contribution in [0.5, 0.6) is 11.5 Å². The number of benzene rings is 1. The third-order valence-electron chi connectivity index (χ3n) is 3.33. The number of nitriles is 1. The first-order chi connectivity index (χ1) is 12.3. The summed E-state index contributed by atoms with van der Waals surface area (Å²) >= 11 is 6.16. The van der Waals surface area contributed by atoms with E-state index in [4.69, 9.17) is 21.1 Å². The predicted octanol–water partition coefficient (Wildman–Crippen LogP) is 5.23. The van der Waals surface area contributed by atoms with Gasteiger partial charge in [-0.15, -0.1) is 0 Å². The molecule has 0 N–H and O–H groups in total. The fourth-order valence-electron chi connectivity index (χ4n) is 2.18. The Morgan fingerprint density at radius 1 is 1.35 bits per heavy atom. The Balaban J connectivity index is 2.44. The van der Waals surface area contributed by atoms with Crippen LogP contribution in [0.1, 0.15) is 23.7 Å². The van der Waals surface area contributed by atoms with E-state index in [9.17, 15) is 18.4 Å². The van der Waals surface area contributed by atoms with Gasteiger partial charge < -0.3 is 9.47 Å². The minimum absolute atomic E-state index is 0.0856. The average Bonchev–Trinajstić information content (AvgIpc) is 2.59. The lowest BCUT2D eigenvalue weighted by Crippen LogP contribution is -2.05. The lowest BCUT2D eigenvalue weighted by atomic mass is 10.1. The lowest BCUT2D eigenvalue weighted by Gasteiger charge is -2.12. The number of pyridine rings is 1. The summed E-state index contributed by atoms with van der Waals surface area (Å²) in [5, 5.41) is 9.62. The fourth-order valence-corrected chi connectivity index (χ4v) is 2.48. The van der Waals surface area contributed by atoms with Gasteiger partial charge in [0.2, 0.25) is 0 Å². The topological polar surface area (TPSA) is 55.1 Å². The summed E-state index contributed by atoms with van der Waals surface area (Å²) < 4.78 is 48.5. The van der Waals surface area contributed by atoms with Gasteiger partial charge in [0.25, 0.3) is 0 Å². The van der Waals surface area contributed by atoms with E-state index in [1.165, 1.54) is 13.2 Å². The SMILES string of the molecule is CCOc1cc(/C=C(\C#N)c2ccc(C(F)(F)F)cn2)cc(Cl)c1OC. The number of halogens is 4. The first kappa shape index (κ1) is 19.6. The van der Waals surface area contributed by atoms with Crippen molar-refractivity contribution >= 4 is 23.3 Å². The van der Waals surface area contributed by atoms with Crippen LogP contribution < -0.4 is 9.47 Å². The van der Waals surface area contributed by atoms with Gasteiger partial charge in [0.05, 0.1) is 35.6 Å². The summed E-state index contributed by atoms with van der Waals surface area (Å²) in [6.45, 7) is 2.17. The molecule has 1 aromatic heterocycles. The van der Waals surface area contributed by atoms with Crippen LogP contribution in [0.25, 0.3) is 11.6 Å². The van der Waals surface area contributed by atoms with E-state index in [2.05, 4.69) is 4.98 Å². The molecule has 0 unspecified atom stereocenters. The molecule has 4 nitrogen and oxygen atoms in total. The molecule has 0 aliphatic rings. The molecule has 1 heterocycles. The standard InChI is InChI=1S/C18H14ClF3N2O2/c1-3-26-16-8-11(7-14(19)17(16)25-2)6-12(9-23)15-5-4-13(10-24-15)18(20,21)22/h4-8,10H,3H2,1-2H3/b12-6+. The minimum atomic E-state index is -4.49. The van der Waals surface area contributed by atoms with Crippen molar-refractivity contribution in [2.45, 2.75) is 13.1 Å². The summed E-state index contributed by atoms with van der Waals surface area (Å²) in [6, 6.07) is 7.13. The van der Waals surface area contributed by atoms with Crippen molar-refractivity contribution in [1.29, 1.82) is 5.26 Å². The van der Waals surface area contributed by atoms with Crippen molar-refractivity contribution in [3.63, 3.8) is 0 Å². The number of nitrogens with zero attached hydrogens (tertiary/aromatic N) is 2. The van der Waals surface area contributed by atoms with Crippen molar-refractivity contribution in [3.8, 4) is 17.6 Å². The monoisotopic (exact) mass is 382 g/mol. The highest BCUT2D eigenvalue weighted by atomic mass is 35.5. The molecular weight excluding hydrogens is 369 g/mol. The van der Waals surface area contributed by atoms with Crippen molar-refractivity contribution in [2.24, 2.45) is 0 Å². The maximum atomic E-state index is 12.6. The highest BCUT2D eigenvalue weighted by molar-refractivity contribution is 6.32. The number of alkyl halides is 3. The molecule has 0 spiro atoms. The maximum Gasteiger partial charge on any atom is 0.417 e. The van der Waals surface area contributed by atoms with Crippen LogP contribution in [0, 0.1) is 11.3 Å². The van der Waals surface area contributed by atoms with Crippen LogP contribution in [-0.2, 0) is 6.18 Å². The second-order valence-corrected chi connectivity index (χ2v) is 5.47. The zero-order chi connectivity index (χ0) is 19.3. The normalized spacial score (nSPS) is 11.8. The lowest BCUT2D eigenvalue weighted by molar-refractivity contribution is -0.137. The maximum absolute atomic E-state index is 12.6. The Morgan fingerprint density at radius 2 is 2.08 bits per heavy atom. The van der Waals surface area contributed by atoms with E-state index >= 15 is 0 Å². The van der Waals surface area contributed by atoms with Gasteiger partial charge >= 0.3 is 6.18 Å². The van der Waals surface area contributed by atoms with E-state index in [0.29, 0.717) is 29.9 Å². The van der Waals surface area contributed by atoms with Gasteiger partial charge in [0.15, 0.2) is 11.5 Å². The zero-order valence-corrected chi connectivity index (χ0v) is 14.6. The van der Waals surface area contributed by atoms with Crippen molar-refractivity contribution < 1.29 is 22.6 Å². The molecule has 0 amide bonds. The predicted molar refractivity (Wildman–Crippen MR) is 91.9 cm³/mol. The highest BCUT2D eigenvalue weighted by Crippen LogP contribution is 2.37. The number of aromatic nitrogens is 1. The molecular formula is C18H14ClF3N2O2. The number of hydrogen-bond acceptors (Lipinski definition) is 4. The molecule has 0 aliphatic heterocycles. The quantitative estimate of drug-likeness (QED) is 0.665. The molecule has 1 aromatic carbocycles. The van der Waals surface area contributed by atoms with Gasteiger partial charge in [-0.05, 0) is 42.8 Å². The van der Waals surface area contributed by atoms with E-state index < -0.39 is 11.7 Å². The number of rotatable bonds is 5. The Kier molecular flexibility index (Phi) is 6.11. The molecule has 136 valence electrons. The third-order valence-corrected chi connectivity index (χ3v) is 3.61. The highest BCUT2D eigenvalue weighted by Gasteiger charge is 2.30. The number of hydrogen-bond donors (Lipinski definition) is 0. The van der Waals surface area contributed by atoms with E-state index in [0.717, 1.165) is 12.1 Å². The van der Waals surface area contributed by atoms with Gasteiger partial charge in [-0.25, -0.2) is 0 Å². The zero-order valence-electron chi connectivity index (χ0n) is 13.9. The van der Waals surface area contributed by atoms with Crippen LogP contribution in [-0.4, -0.2) is 18.7 Å². The van der Waals surface area contributed by atoms with Crippen LogP contribution in [0.2, 0.25) is 5.02 Å². The van der Waals surface area contributed by atoms with Gasteiger partial charge in [0.1, 0.15) is 6.07 Å². The minimum Gasteiger partial charge on any atom is -0.491 e. The smallest absolute Gasteiger partial charge is 0.417 e. The molecule has 0 aliphatic carbocycles. The molecule has 0 bridgehead atoms. The molecule has 26 heavy (non-hydrogen) atoms. The van der Waals surface area contributed by atoms with Gasteiger partial charge in [-0.3, -0.25) is 4.98 Å². The van der Waals surface area contributed by atoms with Crippen LogP contribution in [0.4, 0.5) is 13.2 Å². The molecule has 0 saturated heterocycles. The summed E-state index contributed by atoms with van der Waals surface area (Å²) in [6.07, 6.45) is -2.34. The second-order valence-electron chi connectivity index (χ2n) is 5.07. The van der Waals surface area contributed by atoms with Gasteiger partial charge in [-0.1, -0.05) is 11.6 Å². The summed E-state index contributed by atoms with van der Waals surface area (Å²) in [5.41, 5.74) is -0.157. The Hall–Kier alpha value is -2.72. The van der Waals surface area contributed by atoms with Crippen molar-refractivity contribution in [3.05, 3.63) is 52.3 Å². The molecule has 0 saturated carbocycles. The summed E-state index contributed by atoms with van der Waals surface area (Å²) in [5.74, 6) is 0.753. The second kappa shape index (κ2) is 8.11. The van der Waals surface area contributed by atoms with Gasteiger partial charge in [0, 0.05) is 6.20 Å². The molecule has 0 atom stereocenters. The molecule has 0 fully saturated rings. The molecule has 2 aromatic rings.